The molecule has 0 spiro atoms. The molecule has 13 heteroatoms. The van der Waals surface area contributed by atoms with Gasteiger partial charge in [-0.3, -0.25) is 14.3 Å². The molecule has 0 atom stereocenters. The minimum atomic E-state index is -0.291. The van der Waals surface area contributed by atoms with Gasteiger partial charge >= 0.3 is 0 Å². The van der Waals surface area contributed by atoms with Gasteiger partial charge in [-0.25, -0.2) is 19.9 Å². The lowest BCUT2D eigenvalue weighted by molar-refractivity contribution is 0.0746. The summed E-state index contributed by atoms with van der Waals surface area (Å²) in [5, 5.41) is 7.99. The molecular formula is C33H35N11O2. The van der Waals surface area contributed by atoms with Gasteiger partial charge in [0.2, 0.25) is 0 Å². The van der Waals surface area contributed by atoms with Crippen LogP contribution in [0.1, 0.15) is 20.7 Å². The summed E-state index contributed by atoms with van der Waals surface area (Å²) in [6.45, 7) is 6.18. The van der Waals surface area contributed by atoms with Crippen LogP contribution in [0.25, 0.3) is 22.2 Å². The molecule has 0 aliphatic carbocycles. The van der Waals surface area contributed by atoms with Gasteiger partial charge in [-0.2, -0.15) is 5.10 Å². The maximum Gasteiger partial charge on any atom is 0.257 e. The number of rotatable bonds is 6. The van der Waals surface area contributed by atoms with Gasteiger partial charge in [0.15, 0.2) is 0 Å². The lowest BCUT2D eigenvalue weighted by atomic mass is 10.2. The molecule has 7 rings (SSSR count). The number of aromatic nitrogens is 6. The number of likely N-dealkylation sites (N-methyl/N-ethyl adjacent to an activating group) is 1. The fourth-order valence-electron chi connectivity index (χ4n) is 5.78. The predicted molar refractivity (Wildman–Crippen MR) is 176 cm³/mol. The van der Waals surface area contributed by atoms with Gasteiger partial charge in [0.05, 0.1) is 23.0 Å². The normalized spacial score (nSPS) is 15.7. The quantitative estimate of drug-likeness (QED) is 0.304. The van der Waals surface area contributed by atoms with Gasteiger partial charge < -0.3 is 24.9 Å². The summed E-state index contributed by atoms with van der Waals surface area (Å²) in [4.78, 5) is 53.2. The van der Waals surface area contributed by atoms with Crippen molar-refractivity contribution in [3.63, 3.8) is 0 Å². The minimum Gasteiger partial charge on any atom is -0.354 e. The smallest absolute Gasteiger partial charge is 0.257 e. The number of nitrogens with one attached hydrogen (secondary N) is 1. The number of pyridine rings is 4. The lowest BCUT2D eigenvalue weighted by Gasteiger charge is -2.35. The Morgan fingerprint density at radius 3 is 2.26 bits per heavy atom. The first kappa shape index (κ1) is 29.3. The molecule has 234 valence electrons. The van der Waals surface area contributed by atoms with Crippen molar-refractivity contribution in [3.8, 4) is 11.3 Å². The first-order valence-corrected chi connectivity index (χ1v) is 15.4. The Balaban J connectivity index is 0.967. The number of hydrogen-bond donors (Lipinski definition) is 1. The average molecular weight is 618 g/mol. The maximum atomic E-state index is 13.2. The van der Waals surface area contributed by atoms with E-state index in [4.69, 9.17) is 4.98 Å². The Hall–Kier alpha value is -5.43. The van der Waals surface area contributed by atoms with Crippen LogP contribution in [-0.2, 0) is 7.05 Å². The molecule has 0 bridgehead atoms. The first-order valence-electron chi connectivity index (χ1n) is 15.4. The number of anilines is 3. The van der Waals surface area contributed by atoms with Gasteiger partial charge in [0.25, 0.3) is 11.8 Å². The molecule has 13 nitrogen and oxygen atoms in total. The van der Waals surface area contributed by atoms with Gasteiger partial charge in [-0.15, -0.1) is 0 Å². The molecule has 5 aromatic rings. The number of amides is 2. The van der Waals surface area contributed by atoms with Gasteiger partial charge in [-0.05, 0) is 43.4 Å². The minimum absolute atomic E-state index is 0.0249. The summed E-state index contributed by atoms with van der Waals surface area (Å²) < 4.78 is 1.73. The van der Waals surface area contributed by atoms with Crippen LogP contribution in [0.4, 0.5) is 17.5 Å². The summed E-state index contributed by atoms with van der Waals surface area (Å²) in [7, 11) is 3.99. The number of fused-ring (bicyclic) bond motifs is 1. The number of carbonyl (C=O) groups excluding carboxylic acids is 2. The van der Waals surface area contributed by atoms with Crippen molar-refractivity contribution in [2.75, 3.05) is 74.5 Å². The fraction of sp³-hybridized carbons (Fsp3) is 0.303. The molecule has 1 N–H and O–H groups in total. The average Bonchev–Trinajstić information content (AvgIpc) is 3.54. The molecule has 2 saturated heterocycles. The highest BCUT2D eigenvalue weighted by Crippen LogP contribution is 2.23. The van der Waals surface area contributed by atoms with Crippen LogP contribution in [0, 0.1) is 0 Å². The van der Waals surface area contributed by atoms with Crippen molar-refractivity contribution in [2.24, 2.45) is 7.05 Å². The molecule has 7 heterocycles. The third kappa shape index (κ3) is 6.22. The van der Waals surface area contributed by atoms with Crippen LogP contribution in [0.5, 0.6) is 0 Å². The lowest BCUT2D eigenvalue weighted by Crippen LogP contribution is -2.49. The molecule has 0 unspecified atom stereocenters. The predicted octanol–water partition coefficient (Wildman–Crippen LogP) is 2.79. The summed E-state index contributed by atoms with van der Waals surface area (Å²) >= 11 is 0. The Morgan fingerprint density at radius 1 is 0.739 bits per heavy atom. The second-order valence-corrected chi connectivity index (χ2v) is 11.7. The second kappa shape index (κ2) is 12.5. The highest BCUT2D eigenvalue weighted by atomic mass is 16.2. The Labute approximate surface area is 266 Å². The maximum absolute atomic E-state index is 13.2. The highest BCUT2D eigenvalue weighted by Gasteiger charge is 2.24. The Bertz CT molecular complexity index is 1870. The molecule has 46 heavy (non-hydrogen) atoms. The third-order valence-corrected chi connectivity index (χ3v) is 8.54. The fourth-order valence-corrected chi connectivity index (χ4v) is 5.78. The zero-order valence-corrected chi connectivity index (χ0v) is 25.9. The van der Waals surface area contributed by atoms with E-state index in [1.165, 1.54) is 0 Å². The molecule has 2 aliphatic heterocycles. The summed E-state index contributed by atoms with van der Waals surface area (Å²) in [6, 6.07) is 12.9. The number of aryl methyl sites for hydroxylation is 1. The second-order valence-electron chi connectivity index (χ2n) is 11.7. The van der Waals surface area contributed by atoms with Crippen molar-refractivity contribution in [1.82, 2.24) is 39.5 Å². The van der Waals surface area contributed by atoms with E-state index in [1.807, 2.05) is 42.4 Å². The molecule has 2 fully saturated rings. The van der Waals surface area contributed by atoms with E-state index in [1.54, 1.807) is 47.7 Å². The summed E-state index contributed by atoms with van der Waals surface area (Å²) in [5.41, 5.74) is 3.48. The Kier molecular flexibility index (Phi) is 7.97. The molecule has 0 radical (unpaired) electrons. The van der Waals surface area contributed by atoms with Crippen LogP contribution in [-0.4, -0.2) is 111 Å². The van der Waals surface area contributed by atoms with E-state index >= 15 is 0 Å². The molecule has 0 aromatic carbocycles. The van der Waals surface area contributed by atoms with Gasteiger partial charge in [0.1, 0.15) is 17.5 Å². The van der Waals surface area contributed by atoms with Crippen LogP contribution in [0.15, 0.2) is 73.4 Å². The van der Waals surface area contributed by atoms with Crippen LogP contribution < -0.4 is 15.1 Å². The zero-order valence-electron chi connectivity index (χ0n) is 25.9. The van der Waals surface area contributed by atoms with Crippen LogP contribution in [0.2, 0.25) is 0 Å². The number of nitrogens with zero attached hydrogens (tertiary/aromatic N) is 10. The van der Waals surface area contributed by atoms with Crippen LogP contribution in [0.3, 0.4) is 0 Å². The SMILES string of the molecule is CN1CCN(c2ccc(C(=O)N3CCN(c4cc(C(=O)Nc5cc6nc(-c7cnn(C)c7)ccc6cn5)ccn4)CC3)cn2)CC1. The molecular weight excluding hydrogens is 582 g/mol. The van der Waals surface area contributed by atoms with Gasteiger partial charge in [0, 0.05) is 107 Å². The highest BCUT2D eigenvalue weighted by molar-refractivity contribution is 6.04. The summed E-state index contributed by atoms with van der Waals surface area (Å²) in [5.74, 6) is 1.69. The molecule has 2 aliphatic rings. The standard InChI is InChI=1S/C33H35N11O2/c1-40-9-11-42(12-10-40)30-6-4-25(20-36-30)33(46)44-15-13-43(14-16-44)31-17-23(7-8-34-31)32(45)39-29-18-28-24(19-35-29)3-5-27(38-28)26-21-37-41(2)22-26/h3-8,17-22H,9-16H2,1-2H3,(H,35,39,45). The Morgan fingerprint density at radius 2 is 1.52 bits per heavy atom. The number of hydrogen-bond acceptors (Lipinski definition) is 10. The third-order valence-electron chi connectivity index (χ3n) is 8.54. The van der Waals surface area contributed by atoms with E-state index in [2.05, 4.69) is 47.1 Å². The largest absolute Gasteiger partial charge is 0.354 e. The van der Waals surface area contributed by atoms with E-state index in [0.717, 1.165) is 54.2 Å². The molecule has 0 saturated carbocycles. The van der Waals surface area contributed by atoms with Crippen LogP contribution >= 0.6 is 0 Å². The number of carbonyl (C=O) groups is 2. The van der Waals surface area contributed by atoms with Crippen molar-refractivity contribution in [3.05, 3.63) is 84.6 Å². The monoisotopic (exact) mass is 617 g/mol. The van der Waals surface area contributed by atoms with E-state index in [-0.39, 0.29) is 11.8 Å². The van der Waals surface area contributed by atoms with E-state index in [0.29, 0.717) is 48.9 Å². The van der Waals surface area contributed by atoms with Crippen molar-refractivity contribution >= 4 is 40.2 Å². The van der Waals surface area contributed by atoms with Crippen molar-refractivity contribution < 1.29 is 9.59 Å². The zero-order chi connectivity index (χ0) is 31.6. The van der Waals surface area contributed by atoms with Crippen molar-refractivity contribution in [2.45, 2.75) is 0 Å². The molecule has 2 amide bonds. The molecule has 5 aromatic heterocycles. The number of piperazine rings is 2. The van der Waals surface area contributed by atoms with Crippen molar-refractivity contribution in [1.29, 1.82) is 0 Å². The summed E-state index contributed by atoms with van der Waals surface area (Å²) in [6.07, 6.45) is 8.68. The van der Waals surface area contributed by atoms with E-state index < -0.39 is 0 Å². The van der Waals surface area contributed by atoms with Gasteiger partial charge in [-0.1, -0.05) is 0 Å². The topological polar surface area (TPSA) is 129 Å². The first-order chi connectivity index (χ1) is 22.4. The van der Waals surface area contributed by atoms with E-state index in [9.17, 15) is 9.59 Å².